The van der Waals surface area contributed by atoms with Crippen molar-refractivity contribution in [2.75, 3.05) is 4.72 Å². The summed E-state index contributed by atoms with van der Waals surface area (Å²) in [5.74, 6) is -0.159. The molecule has 0 atom stereocenters. The van der Waals surface area contributed by atoms with Gasteiger partial charge in [0.25, 0.3) is 0 Å². The lowest BCUT2D eigenvalue weighted by Crippen LogP contribution is -2.15. The Balaban J connectivity index is 2.14. The van der Waals surface area contributed by atoms with E-state index in [1.807, 2.05) is 13.0 Å². The van der Waals surface area contributed by atoms with Gasteiger partial charge in [-0.25, -0.2) is 13.4 Å². The van der Waals surface area contributed by atoms with Gasteiger partial charge >= 0.3 is 0 Å². The summed E-state index contributed by atoms with van der Waals surface area (Å²) < 4.78 is 27.4. The summed E-state index contributed by atoms with van der Waals surface area (Å²) in [6, 6.07) is 10.1. The van der Waals surface area contributed by atoms with E-state index in [0.717, 1.165) is 5.56 Å². The van der Waals surface area contributed by atoms with Crippen molar-refractivity contribution in [2.24, 2.45) is 0 Å². The zero-order valence-electron chi connectivity index (χ0n) is 11.2. The van der Waals surface area contributed by atoms with Gasteiger partial charge in [-0.05, 0) is 52.2 Å². The molecular weight excluding hydrogens is 354 g/mol. The highest BCUT2D eigenvalue weighted by molar-refractivity contribution is 9.10. The van der Waals surface area contributed by atoms with Crippen molar-refractivity contribution in [2.45, 2.75) is 12.7 Å². The molecule has 108 valence electrons. The van der Waals surface area contributed by atoms with Crippen LogP contribution in [0, 0.1) is 18.3 Å². The Morgan fingerprint density at radius 2 is 2.00 bits per heavy atom. The zero-order valence-corrected chi connectivity index (χ0v) is 13.6. The molecule has 0 aliphatic rings. The number of pyridine rings is 1. The fraction of sp³-hybridized carbons (Fsp3) is 0.143. The second kappa shape index (κ2) is 6.24. The SMILES string of the molecule is Cc1cc(NS(=O)(=O)Cc2ccc(C#N)cc2)cnc1Br. The average molecular weight is 366 g/mol. The fourth-order valence-electron chi connectivity index (χ4n) is 1.72. The van der Waals surface area contributed by atoms with E-state index in [1.54, 1.807) is 30.3 Å². The molecule has 0 radical (unpaired) electrons. The largest absolute Gasteiger partial charge is 0.282 e. The number of anilines is 1. The highest BCUT2D eigenvalue weighted by Gasteiger charge is 2.12. The third-order valence-electron chi connectivity index (χ3n) is 2.73. The van der Waals surface area contributed by atoms with Crippen LogP contribution in [0.5, 0.6) is 0 Å². The summed E-state index contributed by atoms with van der Waals surface area (Å²) in [5.41, 5.74) is 2.37. The summed E-state index contributed by atoms with van der Waals surface area (Å²) in [6.07, 6.45) is 1.45. The first kappa shape index (κ1) is 15.5. The molecule has 0 saturated heterocycles. The van der Waals surface area contributed by atoms with E-state index in [0.29, 0.717) is 21.4 Å². The molecule has 2 rings (SSSR count). The Bertz CT molecular complexity index is 796. The first-order valence-electron chi connectivity index (χ1n) is 6.01. The predicted molar refractivity (Wildman–Crippen MR) is 84.1 cm³/mol. The molecule has 1 aromatic heterocycles. The van der Waals surface area contributed by atoms with Crippen molar-refractivity contribution in [3.8, 4) is 6.07 Å². The molecule has 0 amide bonds. The monoisotopic (exact) mass is 365 g/mol. The lowest BCUT2D eigenvalue weighted by Gasteiger charge is -2.09. The van der Waals surface area contributed by atoms with E-state index in [9.17, 15) is 8.42 Å². The van der Waals surface area contributed by atoms with E-state index in [2.05, 4.69) is 25.6 Å². The molecule has 0 fully saturated rings. The summed E-state index contributed by atoms with van der Waals surface area (Å²) >= 11 is 3.26. The Morgan fingerprint density at radius 1 is 1.33 bits per heavy atom. The van der Waals surface area contributed by atoms with E-state index >= 15 is 0 Å². The van der Waals surface area contributed by atoms with E-state index < -0.39 is 10.0 Å². The van der Waals surface area contributed by atoms with Gasteiger partial charge in [0.05, 0.1) is 29.3 Å². The maximum atomic E-state index is 12.1. The topological polar surface area (TPSA) is 82.9 Å². The van der Waals surface area contributed by atoms with Crippen LogP contribution in [0.25, 0.3) is 0 Å². The van der Waals surface area contributed by atoms with Crippen molar-refractivity contribution >= 4 is 31.6 Å². The summed E-state index contributed by atoms with van der Waals surface area (Å²) in [4.78, 5) is 4.05. The zero-order chi connectivity index (χ0) is 15.5. The molecule has 0 unspecified atom stereocenters. The van der Waals surface area contributed by atoms with Crippen molar-refractivity contribution in [1.82, 2.24) is 4.98 Å². The van der Waals surface area contributed by atoms with Crippen LogP contribution in [-0.2, 0) is 15.8 Å². The summed E-state index contributed by atoms with van der Waals surface area (Å²) in [7, 11) is -3.53. The molecule has 1 aromatic carbocycles. The molecule has 0 aliphatic carbocycles. The minimum Gasteiger partial charge on any atom is -0.282 e. The van der Waals surface area contributed by atoms with Crippen LogP contribution in [0.4, 0.5) is 5.69 Å². The van der Waals surface area contributed by atoms with Gasteiger partial charge in [-0.3, -0.25) is 4.72 Å². The number of halogens is 1. The lowest BCUT2D eigenvalue weighted by atomic mass is 10.2. The van der Waals surface area contributed by atoms with Crippen LogP contribution in [-0.4, -0.2) is 13.4 Å². The summed E-state index contributed by atoms with van der Waals surface area (Å²) in [5, 5.41) is 8.71. The summed E-state index contributed by atoms with van der Waals surface area (Å²) in [6.45, 7) is 1.83. The fourth-order valence-corrected chi connectivity index (χ4v) is 3.12. The van der Waals surface area contributed by atoms with Gasteiger partial charge in [0.2, 0.25) is 10.0 Å². The van der Waals surface area contributed by atoms with Gasteiger partial charge in [-0.2, -0.15) is 5.26 Å². The third kappa shape index (κ3) is 4.28. The Morgan fingerprint density at radius 3 is 2.57 bits per heavy atom. The number of sulfonamides is 1. The second-order valence-corrected chi connectivity index (χ2v) is 6.98. The first-order valence-corrected chi connectivity index (χ1v) is 8.46. The van der Waals surface area contributed by atoms with E-state index in [4.69, 9.17) is 5.26 Å². The molecular formula is C14H12BrN3O2S. The maximum Gasteiger partial charge on any atom is 0.236 e. The van der Waals surface area contributed by atoms with Crippen LogP contribution in [0.1, 0.15) is 16.7 Å². The molecule has 1 heterocycles. The molecule has 0 saturated carbocycles. The molecule has 21 heavy (non-hydrogen) atoms. The van der Waals surface area contributed by atoms with Gasteiger partial charge in [-0.1, -0.05) is 12.1 Å². The van der Waals surface area contributed by atoms with Gasteiger partial charge in [0, 0.05) is 0 Å². The van der Waals surface area contributed by atoms with Crippen LogP contribution < -0.4 is 4.72 Å². The highest BCUT2D eigenvalue weighted by Crippen LogP contribution is 2.18. The number of benzene rings is 1. The molecule has 5 nitrogen and oxygen atoms in total. The number of hydrogen-bond donors (Lipinski definition) is 1. The van der Waals surface area contributed by atoms with Crippen LogP contribution in [0.15, 0.2) is 41.1 Å². The molecule has 0 spiro atoms. The quantitative estimate of drug-likeness (QED) is 0.844. The van der Waals surface area contributed by atoms with E-state index in [-0.39, 0.29) is 5.75 Å². The number of nitrogens with zero attached hydrogens (tertiary/aromatic N) is 2. The van der Waals surface area contributed by atoms with Crippen LogP contribution in [0.2, 0.25) is 0 Å². The molecule has 2 aromatic rings. The first-order chi connectivity index (χ1) is 9.89. The third-order valence-corrected chi connectivity index (χ3v) is 4.82. The second-order valence-electron chi connectivity index (χ2n) is 4.50. The van der Waals surface area contributed by atoms with Gasteiger partial charge in [0.1, 0.15) is 4.60 Å². The number of hydrogen-bond acceptors (Lipinski definition) is 4. The predicted octanol–water partition coefficient (Wildman–Crippen LogP) is 2.97. The molecule has 0 aliphatic heterocycles. The average Bonchev–Trinajstić information content (AvgIpc) is 2.43. The minimum atomic E-state index is -3.53. The van der Waals surface area contributed by atoms with Crippen LogP contribution in [0.3, 0.4) is 0 Å². The van der Waals surface area contributed by atoms with Gasteiger partial charge in [-0.15, -0.1) is 0 Å². The normalized spacial score (nSPS) is 10.9. The number of rotatable bonds is 4. The minimum absolute atomic E-state index is 0.159. The number of nitrogens with one attached hydrogen (secondary N) is 1. The molecule has 7 heteroatoms. The Labute approximate surface area is 131 Å². The van der Waals surface area contributed by atoms with Crippen molar-refractivity contribution < 1.29 is 8.42 Å². The molecule has 0 bridgehead atoms. The maximum absolute atomic E-state index is 12.1. The Kier molecular flexibility index (Phi) is 4.60. The van der Waals surface area contributed by atoms with Crippen molar-refractivity contribution in [3.05, 3.63) is 57.8 Å². The van der Waals surface area contributed by atoms with Gasteiger partial charge < -0.3 is 0 Å². The number of aromatic nitrogens is 1. The smallest absolute Gasteiger partial charge is 0.236 e. The van der Waals surface area contributed by atoms with Gasteiger partial charge in [0.15, 0.2) is 0 Å². The van der Waals surface area contributed by atoms with E-state index in [1.165, 1.54) is 6.20 Å². The lowest BCUT2D eigenvalue weighted by molar-refractivity contribution is 0.600. The molecule has 1 N–H and O–H groups in total. The Hall–Kier alpha value is -1.91. The van der Waals surface area contributed by atoms with Crippen molar-refractivity contribution in [1.29, 1.82) is 5.26 Å². The highest BCUT2D eigenvalue weighted by atomic mass is 79.9. The van der Waals surface area contributed by atoms with Crippen LogP contribution >= 0.6 is 15.9 Å². The number of aryl methyl sites for hydroxylation is 1. The van der Waals surface area contributed by atoms with Crippen molar-refractivity contribution in [3.63, 3.8) is 0 Å². The number of nitriles is 1. The standard InChI is InChI=1S/C14H12BrN3O2S/c1-10-6-13(8-17-14(10)15)18-21(19,20)9-12-4-2-11(7-16)3-5-12/h2-6,8,18H,9H2,1H3.